The second-order valence-corrected chi connectivity index (χ2v) is 13.4. The van der Waals surface area contributed by atoms with Crippen molar-refractivity contribution in [2.24, 2.45) is 0 Å². The molecular weight excluding hydrogens is 531 g/mol. The van der Waals surface area contributed by atoms with E-state index < -0.39 is 15.3 Å². The van der Waals surface area contributed by atoms with Crippen molar-refractivity contribution >= 4 is 32.1 Å². The summed E-state index contributed by atoms with van der Waals surface area (Å²) in [6.07, 6.45) is 12.1. The van der Waals surface area contributed by atoms with Gasteiger partial charge < -0.3 is 15.0 Å². The van der Waals surface area contributed by atoms with Crippen LogP contribution in [0.5, 0.6) is 11.5 Å². The highest BCUT2D eigenvalue weighted by atomic mass is 32.3. The van der Waals surface area contributed by atoms with Crippen LogP contribution in [0, 0.1) is 5.82 Å². The van der Waals surface area contributed by atoms with Crippen LogP contribution in [0.4, 0.5) is 15.9 Å². The quantitative estimate of drug-likeness (QED) is 0.209. The van der Waals surface area contributed by atoms with Gasteiger partial charge in [0, 0.05) is 36.5 Å². The number of benzene rings is 2. The Morgan fingerprint density at radius 2 is 1.75 bits per heavy atom. The van der Waals surface area contributed by atoms with Crippen LogP contribution in [-0.2, 0) is 9.53 Å². The summed E-state index contributed by atoms with van der Waals surface area (Å²) in [7, 11) is -4.68. The number of halogens is 1. The molecule has 0 amide bonds. The Kier molecular flexibility index (Phi) is 6.27. The van der Waals surface area contributed by atoms with Crippen LogP contribution in [0.3, 0.4) is 0 Å². The minimum Gasteiger partial charge on any atom is -0.457 e. The maximum Gasteiger partial charge on any atom is 0.148 e. The normalized spacial score (nSPS) is 15.1. The van der Waals surface area contributed by atoms with Crippen molar-refractivity contribution in [1.29, 1.82) is 0 Å². The molecule has 9 nitrogen and oxygen atoms in total. The number of nitrogen functional groups attached to an aromatic ring is 1. The predicted molar refractivity (Wildman–Crippen MR) is 154 cm³/mol. The third kappa shape index (κ3) is 4.89. The maximum absolute atomic E-state index is 15.5. The van der Waals surface area contributed by atoms with Crippen molar-refractivity contribution < 1.29 is 17.9 Å². The predicted octanol–water partition coefficient (Wildman–Crippen LogP) is 6.43. The van der Waals surface area contributed by atoms with E-state index in [0.29, 0.717) is 39.9 Å². The van der Waals surface area contributed by atoms with E-state index in [-0.39, 0.29) is 10.6 Å². The number of nitrogens with one attached hydrogen (secondary N) is 1. The average molecular weight is 561 g/mol. The molecule has 5 aromatic rings. The first-order chi connectivity index (χ1) is 19.2. The molecule has 11 heteroatoms. The van der Waals surface area contributed by atoms with Gasteiger partial charge in [-0.3, -0.25) is 14.3 Å². The summed E-state index contributed by atoms with van der Waals surface area (Å²) in [5.74, 6) is 0.708. The lowest BCUT2D eigenvalue weighted by molar-refractivity contribution is 0.481. The SMILES string of the molecule is CS(=O)(O)(Nc1ccc(-c2cn(C3CCCC3)c3ncnc(N)c23)cc1F)c1ccc(Oc2ccncc2)cc1. The highest BCUT2D eigenvalue weighted by Gasteiger charge is 2.27. The van der Waals surface area contributed by atoms with E-state index in [1.54, 1.807) is 42.7 Å². The molecule has 2 aromatic carbocycles. The Balaban J connectivity index is 1.29. The molecule has 4 N–H and O–H groups in total. The summed E-state index contributed by atoms with van der Waals surface area (Å²) < 4.78 is 50.8. The Morgan fingerprint density at radius 1 is 1.05 bits per heavy atom. The van der Waals surface area contributed by atoms with Crippen molar-refractivity contribution in [1.82, 2.24) is 19.5 Å². The van der Waals surface area contributed by atoms with Gasteiger partial charge in [0.15, 0.2) is 0 Å². The molecule has 1 aliphatic carbocycles. The van der Waals surface area contributed by atoms with Crippen molar-refractivity contribution in [2.75, 3.05) is 16.7 Å². The lowest BCUT2D eigenvalue weighted by Crippen LogP contribution is -2.39. The van der Waals surface area contributed by atoms with E-state index in [2.05, 4.69) is 24.2 Å². The molecule has 0 bridgehead atoms. The number of nitrogens with two attached hydrogens (primary N) is 1. The molecular formula is C29H29FN6O3S. The van der Waals surface area contributed by atoms with Gasteiger partial charge in [-0.25, -0.2) is 14.4 Å². The van der Waals surface area contributed by atoms with Gasteiger partial charge >= 0.3 is 0 Å². The van der Waals surface area contributed by atoms with Crippen LogP contribution in [0.1, 0.15) is 31.7 Å². The van der Waals surface area contributed by atoms with E-state index in [1.165, 1.54) is 30.6 Å². The van der Waals surface area contributed by atoms with Crippen molar-refractivity contribution in [3.05, 3.63) is 85.3 Å². The van der Waals surface area contributed by atoms with E-state index in [1.807, 2.05) is 6.20 Å². The molecule has 1 fully saturated rings. The van der Waals surface area contributed by atoms with Gasteiger partial charge in [-0.15, -0.1) is 9.53 Å². The van der Waals surface area contributed by atoms with Gasteiger partial charge in [0.1, 0.15) is 35.1 Å². The van der Waals surface area contributed by atoms with Gasteiger partial charge in [-0.2, -0.15) is 4.21 Å². The number of anilines is 2. The van der Waals surface area contributed by atoms with Crippen LogP contribution in [0.15, 0.2) is 84.4 Å². The highest BCUT2D eigenvalue weighted by Crippen LogP contribution is 2.40. The molecule has 3 aromatic heterocycles. The lowest BCUT2D eigenvalue weighted by atomic mass is 10.1. The summed E-state index contributed by atoms with van der Waals surface area (Å²) in [6, 6.07) is 14.3. The second-order valence-electron chi connectivity index (χ2n) is 10.2. The number of fused-ring (bicyclic) bond motifs is 1. The molecule has 0 aliphatic heterocycles. The molecule has 40 heavy (non-hydrogen) atoms. The van der Waals surface area contributed by atoms with E-state index >= 15 is 4.39 Å². The van der Waals surface area contributed by atoms with Crippen LogP contribution >= 0.6 is 0 Å². The number of pyridine rings is 1. The molecule has 0 saturated heterocycles. The van der Waals surface area contributed by atoms with Crippen molar-refractivity contribution in [2.45, 2.75) is 36.6 Å². The first-order valence-electron chi connectivity index (χ1n) is 12.9. The minimum absolute atomic E-state index is 0.0899. The molecule has 206 valence electrons. The number of ether oxygens (including phenoxy) is 1. The minimum atomic E-state index is -4.68. The van der Waals surface area contributed by atoms with E-state index in [0.717, 1.165) is 37.6 Å². The first-order valence-corrected chi connectivity index (χ1v) is 15.3. The topological polar surface area (TPSA) is 128 Å². The Hall–Kier alpha value is -4.35. The van der Waals surface area contributed by atoms with E-state index in [4.69, 9.17) is 10.5 Å². The average Bonchev–Trinajstić information content (AvgIpc) is 3.59. The smallest absolute Gasteiger partial charge is 0.148 e. The van der Waals surface area contributed by atoms with Gasteiger partial charge in [-0.1, -0.05) is 18.9 Å². The summed E-state index contributed by atoms with van der Waals surface area (Å²) in [5, 5.41) is 0.670. The van der Waals surface area contributed by atoms with Gasteiger partial charge in [0.25, 0.3) is 0 Å². The summed E-state index contributed by atoms with van der Waals surface area (Å²) in [6.45, 7) is 0. The molecule has 1 saturated carbocycles. The fourth-order valence-electron chi connectivity index (χ4n) is 5.24. The summed E-state index contributed by atoms with van der Waals surface area (Å²) in [4.78, 5) is 12.7. The highest BCUT2D eigenvalue weighted by molar-refractivity contribution is 8.15. The summed E-state index contributed by atoms with van der Waals surface area (Å²) in [5.41, 5.74) is 8.15. The molecule has 1 aliphatic rings. The molecule has 0 unspecified atom stereocenters. The van der Waals surface area contributed by atoms with Crippen LogP contribution in [-0.4, -0.2) is 34.5 Å². The Morgan fingerprint density at radius 3 is 2.45 bits per heavy atom. The largest absolute Gasteiger partial charge is 0.457 e. The van der Waals surface area contributed by atoms with E-state index in [9.17, 15) is 8.76 Å². The molecule has 3 heterocycles. The monoisotopic (exact) mass is 560 g/mol. The first kappa shape index (κ1) is 25.9. The standard InChI is InChI=1S/C29H29FN6O3S/c1-40(37,38,23-9-7-21(8-10-23)39-22-12-14-32-15-13-22)35-26-11-6-19(16-25(26)30)24-17-36(20-4-2-3-5-20)29-27(24)28(31)33-18-34-29/h6-18,20H,2-5H2,1H3,(H2,31,33,34)(H2,35,37,38). The zero-order chi connectivity index (χ0) is 27.9. The molecule has 6 rings (SSSR count). The lowest BCUT2D eigenvalue weighted by Gasteiger charge is -2.40. The number of rotatable bonds is 7. The zero-order valence-corrected chi connectivity index (χ0v) is 22.6. The number of aromatic nitrogens is 4. The Bertz CT molecular complexity index is 1760. The third-order valence-electron chi connectivity index (χ3n) is 7.25. The maximum atomic E-state index is 15.5. The molecule has 0 spiro atoms. The zero-order valence-electron chi connectivity index (χ0n) is 21.8. The number of hydrogen-bond acceptors (Lipinski definition) is 6. The van der Waals surface area contributed by atoms with Gasteiger partial charge in [-0.05, 0) is 66.9 Å². The fourth-order valence-corrected chi connectivity index (χ4v) is 6.82. The molecule has 0 atom stereocenters. The van der Waals surface area contributed by atoms with Crippen LogP contribution in [0.2, 0.25) is 0 Å². The van der Waals surface area contributed by atoms with Gasteiger partial charge in [0.05, 0.1) is 16.0 Å². The van der Waals surface area contributed by atoms with Crippen LogP contribution in [0.25, 0.3) is 22.2 Å². The van der Waals surface area contributed by atoms with Crippen LogP contribution < -0.4 is 15.2 Å². The Labute approximate surface area is 230 Å². The van der Waals surface area contributed by atoms with Crippen molar-refractivity contribution in [3.8, 4) is 22.6 Å². The number of hydrogen-bond donors (Lipinski definition) is 3. The molecule has 0 radical (unpaired) electrons. The second kappa shape index (κ2) is 9.68. The number of nitrogens with zero attached hydrogens (tertiary/aromatic N) is 4. The fraction of sp³-hybridized carbons (Fsp3) is 0.207. The van der Waals surface area contributed by atoms with Crippen molar-refractivity contribution in [3.63, 3.8) is 0 Å². The van der Waals surface area contributed by atoms with Gasteiger partial charge in [0.2, 0.25) is 0 Å². The third-order valence-corrected chi connectivity index (χ3v) is 9.33. The summed E-state index contributed by atoms with van der Waals surface area (Å²) >= 11 is 0.